The van der Waals surface area contributed by atoms with Crippen LogP contribution in [0.15, 0.2) is 46.0 Å². The van der Waals surface area contributed by atoms with Gasteiger partial charge in [0.1, 0.15) is 11.6 Å². The number of hydrazone groups is 1. The predicted octanol–water partition coefficient (Wildman–Crippen LogP) is 2.95. The van der Waals surface area contributed by atoms with Gasteiger partial charge in [-0.25, -0.2) is 19.3 Å². The Kier molecular flexibility index (Phi) is 5.94. The van der Waals surface area contributed by atoms with Crippen LogP contribution in [0.2, 0.25) is 0 Å². The molecule has 0 aliphatic rings. The van der Waals surface area contributed by atoms with Crippen molar-refractivity contribution in [2.24, 2.45) is 5.10 Å². The average molecular weight is 412 g/mol. The fraction of sp³-hybridized carbons (Fsp3) is 0.0625. The van der Waals surface area contributed by atoms with Gasteiger partial charge in [0.2, 0.25) is 0 Å². The van der Waals surface area contributed by atoms with E-state index in [0.717, 1.165) is 23.4 Å². The van der Waals surface area contributed by atoms with Crippen LogP contribution in [0.5, 0.6) is 0 Å². The number of carbonyl (C=O) groups excluding carboxylic acids is 2. The molecule has 0 aliphatic heterocycles. The quantitative estimate of drug-likeness (QED) is 0.460. The van der Waals surface area contributed by atoms with Gasteiger partial charge in [-0.2, -0.15) is 5.10 Å². The zero-order chi connectivity index (χ0) is 18.6. The number of benzene rings is 2. The molecule has 6 nitrogen and oxygen atoms in total. The molecule has 0 saturated heterocycles. The van der Waals surface area contributed by atoms with Crippen molar-refractivity contribution in [3.63, 3.8) is 0 Å². The summed E-state index contributed by atoms with van der Waals surface area (Å²) in [5, 5.41) is 13.1. The van der Waals surface area contributed by atoms with Gasteiger partial charge in [0.25, 0.3) is 11.8 Å². The van der Waals surface area contributed by atoms with Crippen LogP contribution in [0.25, 0.3) is 0 Å². The molecular formula is C16H12BrF2N3O3. The van der Waals surface area contributed by atoms with E-state index in [2.05, 4.69) is 21.0 Å². The molecular weight excluding hydrogens is 400 g/mol. The van der Waals surface area contributed by atoms with E-state index >= 15 is 0 Å². The van der Waals surface area contributed by atoms with Crippen LogP contribution in [-0.4, -0.2) is 35.3 Å². The van der Waals surface area contributed by atoms with Crippen LogP contribution in [-0.2, 0) is 0 Å². The summed E-state index contributed by atoms with van der Waals surface area (Å²) in [5.74, 6) is -3.67. The van der Waals surface area contributed by atoms with Crippen molar-refractivity contribution in [2.75, 3.05) is 7.05 Å². The lowest BCUT2D eigenvalue weighted by Gasteiger charge is -2.12. The molecule has 0 spiro atoms. The maximum atomic E-state index is 13.9. The molecule has 2 rings (SSSR count). The SMILES string of the molecule is CN(/N=C/c1c(F)cc(C(=O)NO)cc1F)C(=O)c1ccccc1Br. The highest BCUT2D eigenvalue weighted by Gasteiger charge is 2.16. The Morgan fingerprint density at radius 3 is 2.40 bits per heavy atom. The third-order valence-corrected chi connectivity index (χ3v) is 3.89. The van der Waals surface area contributed by atoms with E-state index in [-0.39, 0.29) is 0 Å². The van der Waals surface area contributed by atoms with Crippen LogP contribution >= 0.6 is 15.9 Å². The van der Waals surface area contributed by atoms with E-state index in [1.54, 1.807) is 24.3 Å². The van der Waals surface area contributed by atoms with E-state index in [1.165, 1.54) is 12.5 Å². The number of hydroxylamine groups is 1. The standard InChI is InChI=1S/C16H12BrF2N3O3/c1-22(16(24)10-4-2-3-5-12(10)17)20-8-11-13(18)6-9(7-14(11)19)15(23)21-25/h2-8,25H,1H3,(H,21,23)/b20-8+. The molecule has 2 aromatic rings. The van der Waals surface area contributed by atoms with Crippen molar-refractivity contribution < 1.29 is 23.6 Å². The average Bonchev–Trinajstić information content (AvgIpc) is 2.59. The largest absolute Gasteiger partial charge is 0.288 e. The molecule has 0 atom stereocenters. The summed E-state index contributed by atoms with van der Waals surface area (Å²) in [5.41, 5.74) is 0.689. The van der Waals surface area contributed by atoms with Crippen molar-refractivity contribution >= 4 is 34.0 Å². The van der Waals surface area contributed by atoms with E-state index < -0.39 is 34.6 Å². The maximum absolute atomic E-state index is 13.9. The molecule has 0 unspecified atom stereocenters. The molecule has 2 amide bonds. The van der Waals surface area contributed by atoms with Gasteiger partial charge < -0.3 is 0 Å². The van der Waals surface area contributed by atoms with Crippen LogP contribution in [0.3, 0.4) is 0 Å². The maximum Gasteiger partial charge on any atom is 0.274 e. The second-order valence-corrected chi connectivity index (χ2v) is 5.70. The lowest BCUT2D eigenvalue weighted by molar-refractivity contribution is 0.0705. The summed E-state index contributed by atoms with van der Waals surface area (Å²) >= 11 is 3.24. The van der Waals surface area contributed by atoms with Crippen LogP contribution in [0, 0.1) is 11.6 Å². The highest BCUT2D eigenvalue weighted by atomic mass is 79.9. The van der Waals surface area contributed by atoms with Gasteiger partial charge in [0, 0.05) is 17.1 Å². The molecule has 130 valence electrons. The van der Waals surface area contributed by atoms with Gasteiger partial charge in [0.05, 0.1) is 17.3 Å². The van der Waals surface area contributed by atoms with Gasteiger partial charge >= 0.3 is 0 Å². The Bertz CT molecular complexity index is 835. The third kappa shape index (κ3) is 4.25. The Morgan fingerprint density at radius 1 is 1.24 bits per heavy atom. The highest BCUT2D eigenvalue weighted by Crippen LogP contribution is 2.18. The Morgan fingerprint density at radius 2 is 1.84 bits per heavy atom. The Labute approximate surface area is 149 Å². The van der Waals surface area contributed by atoms with E-state index in [9.17, 15) is 18.4 Å². The first-order valence-electron chi connectivity index (χ1n) is 6.85. The first-order valence-corrected chi connectivity index (χ1v) is 7.64. The number of amides is 2. The van der Waals surface area contributed by atoms with Crippen molar-refractivity contribution in [1.82, 2.24) is 10.5 Å². The number of nitrogens with zero attached hydrogens (tertiary/aromatic N) is 2. The molecule has 0 heterocycles. The van der Waals surface area contributed by atoms with Gasteiger partial charge in [-0.3, -0.25) is 14.8 Å². The third-order valence-electron chi connectivity index (χ3n) is 3.20. The van der Waals surface area contributed by atoms with Gasteiger partial charge in [0.15, 0.2) is 0 Å². The number of carbonyl (C=O) groups is 2. The lowest BCUT2D eigenvalue weighted by atomic mass is 10.1. The fourth-order valence-corrected chi connectivity index (χ4v) is 2.36. The van der Waals surface area contributed by atoms with Gasteiger partial charge in [-0.05, 0) is 40.2 Å². The van der Waals surface area contributed by atoms with Gasteiger partial charge in [-0.1, -0.05) is 12.1 Å². The van der Waals surface area contributed by atoms with Crippen molar-refractivity contribution in [3.8, 4) is 0 Å². The number of hydrogen-bond acceptors (Lipinski definition) is 4. The smallest absolute Gasteiger partial charge is 0.274 e. The summed E-state index contributed by atoms with van der Waals surface area (Å²) in [6.07, 6.45) is 0.833. The summed E-state index contributed by atoms with van der Waals surface area (Å²) in [6, 6.07) is 8.13. The first kappa shape index (κ1) is 18.7. The van der Waals surface area contributed by atoms with Crippen LogP contribution in [0.1, 0.15) is 26.3 Å². The van der Waals surface area contributed by atoms with Crippen LogP contribution < -0.4 is 5.48 Å². The van der Waals surface area contributed by atoms with E-state index in [0.29, 0.717) is 10.0 Å². The lowest BCUT2D eigenvalue weighted by Crippen LogP contribution is -2.22. The number of nitrogens with one attached hydrogen (secondary N) is 1. The number of rotatable bonds is 4. The van der Waals surface area contributed by atoms with Gasteiger partial charge in [-0.15, -0.1) is 0 Å². The molecule has 2 aromatic carbocycles. The Balaban J connectivity index is 2.25. The minimum atomic E-state index is -1.07. The normalized spacial score (nSPS) is 10.8. The minimum absolute atomic E-state index is 0.332. The molecule has 2 N–H and O–H groups in total. The van der Waals surface area contributed by atoms with E-state index in [1.807, 2.05) is 0 Å². The number of halogens is 3. The fourth-order valence-electron chi connectivity index (χ4n) is 1.91. The number of hydrogen-bond donors (Lipinski definition) is 2. The van der Waals surface area contributed by atoms with Crippen molar-refractivity contribution in [1.29, 1.82) is 0 Å². The Hall–Kier alpha value is -2.65. The second kappa shape index (κ2) is 7.95. The predicted molar refractivity (Wildman–Crippen MR) is 89.4 cm³/mol. The summed E-state index contributed by atoms with van der Waals surface area (Å²) < 4.78 is 28.4. The summed E-state index contributed by atoms with van der Waals surface area (Å²) in [7, 11) is 1.33. The zero-order valence-corrected chi connectivity index (χ0v) is 14.4. The second-order valence-electron chi connectivity index (χ2n) is 4.85. The molecule has 25 heavy (non-hydrogen) atoms. The molecule has 0 aromatic heterocycles. The van der Waals surface area contributed by atoms with E-state index in [4.69, 9.17) is 5.21 Å². The monoisotopic (exact) mass is 411 g/mol. The van der Waals surface area contributed by atoms with Crippen molar-refractivity contribution in [2.45, 2.75) is 0 Å². The molecule has 0 aliphatic carbocycles. The highest BCUT2D eigenvalue weighted by molar-refractivity contribution is 9.10. The van der Waals surface area contributed by atoms with Crippen LogP contribution in [0.4, 0.5) is 8.78 Å². The zero-order valence-electron chi connectivity index (χ0n) is 12.8. The molecule has 0 saturated carbocycles. The first-order chi connectivity index (χ1) is 11.8. The summed E-state index contributed by atoms with van der Waals surface area (Å²) in [4.78, 5) is 23.4. The topological polar surface area (TPSA) is 82.0 Å². The molecule has 0 fully saturated rings. The molecule has 0 bridgehead atoms. The molecule has 9 heteroatoms. The molecule has 0 radical (unpaired) electrons. The minimum Gasteiger partial charge on any atom is -0.288 e. The van der Waals surface area contributed by atoms with Crippen molar-refractivity contribution in [3.05, 3.63) is 69.2 Å². The summed E-state index contributed by atoms with van der Waals surface area (Å²) in [6.45, 7) is 0.